The SMILES string of the molecule is Cc1ccc(-c2cc(-c3cn(S(=O)(=O)c4ccccc4)c4ncccc34)nc3cccnc23)cc1. The summed E-state index contributed by atoms with van der Waals surface area (Å²) in [4.78, 5) is 14.1. The van der Waals surface area contributed by atoms with Crippen LogP contribution in [0.4, 0.5) is 0 Å². The summed E-state index contributed by atoms with van der Waals surface area (Å²) in [7, 11) is -3.85. The molecule has 4 heterocycles. The van der Waals surface area contributed by atoms with Gasteiger partial charge in [-0.25, -0.2) is 22.4 Å². The van der Waals surface area contributed by atoms with E-state index in [0.717, 1.165) is 22.2 Å². The second-order valence-corrected chi connectivity index (χ2v) is 10.1. The lowest BCUT2D eigenvalue weighted by molar-refractivity contribution is 0.589. The van der Waals surface area contributed by atoms with Crippen LogP contribution in [0.1, 0.15) is 5.56 Å². The van der Waals surface area contributed by atoms with E-state index in [-0.39, 0.29) is 4.90 Å². The predicted molar refractivity (Wildman–Crippen MR) is 137 cm³/mol. The first-order valence-corrected chi connectivity index (χ1v) is 12.6. The average Bonchev–Trinajstić information content (AvgIpc) is 3.30. The lowest BCUT2D eigenvalue weighted by atomic mass is 10.0. The van der Waals surface area contributed by atoms with Crippen LogP contribution in [-0.4, -0.2) is 27.3 Å². The standard InChI is InChI=1S/C28H20N4O2S/c1-19-11-13-20(14-12-19)23-17-26(31-25-10-6-15-29-27(23)25)24-18-32(28-22(24)9-5-16-30-28)35(33,34)21-7-3-2-4-8-21/h2-18H,1H3. The second-order valence-electron chi connectivity index (χ2n) is 8.32. The molecule has 0 aliphatic carbocycles. The third kappa shape index (κ3) is 3.57. The fourth-order valence-electron chi connectivity index (χ4n) is 4.28. The molecule has 0 aliphatic heterocycles. The number of aryl methyl sites for hydroxylation is 1. The van der Waals surface area contributed by atoms with Gasteiger partial charge in [-0.3, -0.25) is 4.98 Å². The Labute approximate surface area is 202 Å². The molecule has 0 aliphatic rings. The van der Waals surface area contributed by atoms with Crippen molar-refractivity contribution in [2.45, 2.75) is 11.8 Å². The van der Waals surface area contributed by atoms with Gasteiger partial charge in [-0.05, 0) is 55.0 Å². The van der Waals surface area contributed by atoms with Gasteiger partial charge >= 0.3 is 0 Å². The Morgan fingerprint density at radius 3 is 2.31 bits per heavy atom. The normalized spacial score (nSPS) is 11.8. The van der Waals surface area contributed by atoms with Gasteiger partial charge in [0.15, 0.2) is 5.65 Å². The van der Waals surface area contributed by atoms with Gasteiger partial charge in [-0.15, -0.1) is 0 Å². The zero-order valence-corrected chi connectivity index (χ0v) is 19.6. The van der Waals surface area contributed by atoms with E-state index < -0.39 is 10.0 Å². The zero-order valence-electron chi connectivity index (χ0n) is 18.8. The molecule has 6 rings (SSSR count). The van der Waals surface area contributed by atoms with Crippen LogP contribution in [0.25, 0.3) is 44.5 Å². The molecule has 2 aromatic carbocycles. The van der Waals surface area contributed by atoms with E-state index in [9.17, 15) is 8.42 Å². The molecule has 0 saturated heterocycles. The summed E-state index contributed by atoms with van der Waals surface area (Å²) in [5.74, 6) is 0. The largest absolute Gasteiger partial charge is 0.269 e. The third-order valence-electron chi connectivity index (χ3n) is 6.03. The van der Waals surface area contributed by atoms with Crippen molar-refractivity contribution < 1.29 is 8.42 Å². The fourth-order valence-corrected chi connectivity index (χ4v) is 5.62. The highest BCUT2D eigenvalue weighted by atomic mass is 32.2. The molecule has 0 amide bonds. The van der Waals surface area contributed by atoms with E-state index in [4.69, 9.17) is 4.98 Å². The maximum atomic E-state index is 13.5. The quantitative estimate of drug-likeness (QED) is 0.319. The number of benzene rings is 2. The lowest BCUT2D eigenvalue weighted by Crippen LogP contribution is -2.12. The Balaban J connectivity index is 1.63. The predicted octanol–water partition coefficient (Wildman–Crippen LogP) is 5.86. The molecule has 6 aromatic rings. The molecule has 0 fully saturated rings. The van der Waals surface area contributed by atoms with Crippen LogP contribution in [0.2, 0.25) is 0 Å². The van der Waals surface area contributed by atoms with Gasteiger partial charge in [0, 0.05) is 35.1 Å². The van der Waals surface area contributed by atoms with Crippen LogP contribution >= 0.6 is 0 Å². The first-order valence-electron chi connectivity index (χ1n) is 11.1. The fraction of sp³-hybridized carbons (Fsp3) is 0.0357. The van der Waals surface area contributed by atoms with E-state index in [2.05, 4.69) is 34.2 Å². The van der Waals surface area contributed by atoms with Crippen molar-refractivity contribution in [2.75, 3.05) is 0 Å². The number of fused-ring (bicyclic) bond motifs is 2. The van der Waals surface area contributed by atoms with Crippen molar-refractivity contribution in [3.8, 4) is 22.4 Å². The van der Waals surface area contributed by atoms with Crippen molar-refractivity contribution in [3.05, 3.63) is 109 Å². The molecule has 4 aromatic heterocycles. The summed E-state index contributed by atoms with van der Waals surface area (Å²) < 4.78 is 28.3. The minimum Gasteiger partial charge on any atom is -0.254 e. The summed E-state index contributed by atoms with van der Waals surface area (Å²) >= 11 is 0. The van der Waals surface area contributed by atoms with Crippen molar-refractivity contribution >= 4 is 32.1 Å². The highest BCUT2D eigenvalue weighted by Gasteiger charge is 2.23. The summed E-state index contributed by atoms with van der Waals surface area (Å²) in [5, 5.41) is 0.706. The Hall–Kier alpha value is -4.36. The van der Waals surface area contributed by atoms with E-state index in [1.807, 2.05) is 31.2 Å². The third-order valence-corrected chi connectivity index (χ3v) is 7.70. The first-order chi connectivity index (χ1) is 17.0. The van der Waals surface area contributed by atoms with Gasteiger partial charge in [0.2, 0.25) is 0 Å². The molecule has 0 unspecified atom stereocenters. The van der Waals surface area contributed by atoms with Crippen LogP contribution < -0.4 is 0 Å². The molecule has 170 valence electrons. The van der Waals surface area contributed by atoms with Gasteiger partial charge in [-0.2, -0.15) is 0 Å². The second kappa shape index (κ2) is 8.14. The number of rotatable bonds is 4. The van der Waals surface area contributed by atoms with Gasteiger partial charge in [0.25, 0.3) is 10.0 Å². The van der Waals surface area contributed by atoms with Crippen molar-refractivity contribution in [1.29, 1.82) is 0 Å². The van der Waals surface area contributed by atoms with Gasteiger partial charge in [0.05, 0.1) is 21.6 Å². The van der Waals surface area contributed by atoms with Crippen LogP contribution in [-0.2, 0) is 10.0 Å². The van der Waals surface area contributed by atoms with Crippen LogP contribution in [0.15, 0.2) is 108 Å². The number of hydrogen-bond acceptors (Lipinski definition) is 5. The number of hydrogen-bond donors (Lipinski definition) is 0. The van der Waals surface area contributed by atoms with E-state index in [0.29, 0.717) is 22.3 Å². The number of aromatic nitrogens is 4. The molecular weight excluding hydrogens is 456 g/mol. The minimum atomic E-state index is -3.85. The summed E-state index contributed by atoms with van der Waals surface area (Å²) in [5.41, 5.74) is 6.34. The van der Waals surface area contributed by atoms with E-state index >= 15 is 0 Å². The van der Waals surface area contributed by atoms with Crippen molar-refractivity contribution in [3.63, 3.8) is 0 Å². The maximum Gasteiger partial charge on any atom is 0.269 e. The minimum absolute atomic E-state index is 0.199. The van der Waals surface area contributed by atoms with Crippen molar-refractivity contribution in [1.82, 2.24) is 18.9 Å². The number of pyridine rings is 3. The highest BCUT2D eigenvalue weighted by Crippen LogP contribution is 2.35. The number of nitrogens with zero attached hydrogens (tertiary/aromatic N) is 4. The molecule has 0 radical (unpaired) electrons. The molecule has 0 spiro atoms. The van der Waals surface area contributed by atoms with Crippen molar-refractivity contribution in [2.24, 2.45) is 0 Å². The Bertz CT molecular complexity index is 1810. The van der Waals surface area contributed by atoms with Crippen LogP contribution in [0.5, 0.6) is 0 Å². The summed E-state index contributed by atoms with van der Waals surface area (Å²) in [6.07, 6.45) is 4.96. The van der Waals surface area contributed by atoms with Crippen LogP contribution in [0.3, 0.4) is 0 Å². The average molecular weight is 477 g/mol. The van der Waals surface area contributed by atoms with Gasteiger partial charge in [0.1, 0.15) is 0 Å². The Morgan fingerprint density at radius 1 is 0.771 bits per heavy atom. The molecule has 7 heteroatoms. The molecule has 35 heavy (non-hydrogen) atoms. The van der Waals surface area contributed by atoms with Crippen LogP contribution in [0, 0.1) is 6.92 Å². The lowest BCUT2D eigenvalue weighted by Gasteiger charge is -2.09. The smallest absolute Gasteiger partial charge is 0.254 e. The molecular formula is C28H20N4O2S. The zero-order chi connectivity index (χ0) is 24.0. The molecule has 0 atom stereocenters. The molecule has 0 saturated carbocycles. The van der Waals surface area contributed by atoms with E-state index in [1.165, 1.54) is 9.54 Å². The first kappa shape index (κ1) is 21.2. The summed E-state index contributed by atoms with van der Waals surface area (Å²) in [6, 6.07) is 26.0. The summed E-state index contributed by atoms with van der Waals surface area (Å²) in [6.45, 7) is 2.05. The van der Waals surface area contributed by atoms with Gasteiger partial charge in [-0.1, -0.05) is 48.0 Å². The molecule has 6 nitrogen and oxygen atoms in total. The topological polar surface area (TPSA) is 77.7 Å². The highest BCUT2D eigenvalue weighted by molar-refractivity contribution is 7.90. The van der Waals surface area contributed by atoms with E-state index in [1.54, 1.807) is 55.0 Å². The Morgan fingerprint density at radius 2 is 1.51 bits per heavy atom. The molecule has 0 N–H and O–H groups in total. The maximum absolute atomic E-state index is 13.5. The molecule has 0 bridgehead atoms. The Kier molecular flexibility index (Phi) is 4.93. The van der Waals surface area contributed by atoms with Gasteiger partial charge < -0.3 is 0 Å². The monoisotopic (exact) mass is 476 g/mol.